The molecule has 0 saturated carbocycles. The SMILES string of the molecule is Cc1cccc(CC(CC(=O)N(C)C)C(=O)N(C)C)c1I. The van der Waals surface area contributed by atoms with Gasteiger partial charge in [-0.3, -0.25) is 9.59 Å². The summed E-state index contributed by atoms with van der Waals surface area (Å²) in [6.45, 7) is 2.05. The number of benzene rings is 1. The third-order valence-corrected chi connectivity index (χ3v) is 4.99. The van der Waals surface area contributed by atoms with E-state index in [9.17, 15) is 9.59 Å². The molecule has 1 atom stereocenters. The Morgan fingerprint density at radius 1 is 1.14 bits per heavy atom. The van der Waals surface area contributed by atoms with Gasteiger partial charge in [0.05, 0.1) is 5.92 Å². The van der Waals surface area contributed by atoms with Gasteiger partial charge in [-0.1, -0.05) is 18.2 Å². The fraction of sp³-hybridized carbons (Fsp3) is 0.500. The molecule has 4 nitrogen and oxygen atoms in total. The monoisotopic (exact) mass is 402 g/mol. The maximum atomic E-state index is 12.4. The van der Waals surface area contributed by atoms with Crippen molar-refractivity contribution in [1.82, 2.24) is 9.80 Å². The number of amides is 2. The second kappa shape index (κ2) is 7.77. The van der Waals surface area contributed by atoms with Gasteiger partial charge in [-0.25, -0.2) is 0 Å². The number of aryl methyl sites for hydroxylation is 1. The van der Waals surface area contributed by atoms with Crippen LogP contribution in [-0.4, -0.2) is 49.8 Å². The van der Waals surface area contributed by atoms with E-state index in [1.54, 1.807) is 33.1 Å². The van der Waals surface area contributed by atoms with Gasteiger partial charge in [0.2, 0.25) is 11.8 Å². The van der Waals surface area contributed by atoms with Crippen molar-refractivity contribution < 1.29 is 9.59 Å². The summed E-state index contributed by atoms with van der Waals surface area (Å²) in [5.41, 5.74) is 2.32. The summed E-state index contributed by atoms with van der Waals surface area (Å²) < 4.78 is 1.17. The van der Waals surface area contributed by atoms with Crippen LogP contribution in [0.1, 0.15) is 17.5 Å². The van der Waals surface area contributed by atoms with E-state index in [0.29, 0.717) is 6.42 Å². The molecule has 1 rings (SSSR count). The first-order valence-electron chi connectivity index (χ1n) is 6.89. The summed E-state index contributed by atoms with van der Waals surface area (Å²) >= 11 is 2.31. The van der Waals surface area contributed by atoms with E-state index < -0.39 is 0 Å². The van der Waals surface area contributed by atoms with Gasteiger partial charge in [0.1, 0.15) is 0 Å². The van der Waals surface area contributed by atoms with Gasteiger partial charge in [0.25, 0.3) is 0 Å². The highest BCUT2D eigenvalue weighted by Crippen LogP contribution is 2.22. The molecule has 1 aromatic rings. The molecule has 0 heterocycles. The Kier molecular flexibility index (Phi) is 6.64. The average Bonchev–Trinajstić information content (AvgIpc) is 2.41. The smallest absolute Gasteiger partial charge is 0.226 e. The topological polar surface area (TPSA) is 40.6 Å². The van der Waals surface area contributed by atoms with E-state index in [1.165, 1.54) is 14.0 Å². The largest absolute Gasteiger partial charge is 0.349 e. The van der Waals surface area contributed by atoms with Crippen LogP contribution in [0, 0.1) is 16.4 Å². The van der Waals surface area contributed by atoms with Crippen molar-refractivity contribution >= 4 is 34.4 Å². The van der Waals surface area contributed by atoms with Crippen LogP contribution in [-0.2, 0) is 16.0 Å². The molecule has 0 aromatic heterocycles. The van der Waals surface area contributed by atoms with Crippen LogP contribution in [0.4, 0.5) is 0 Å². The molecule has 1 aromatic carbocycles. The molecule has 0 spiro atoms. The van der Waals surface area contributed by atoms with E-state index in [0.717, 1.165) is 5.56 Å². The van der Waals surface area contributed by atoms with E-state index >= 15 is 0 Å². The normalized spacial score (nSPS) is 11.9. The molecule has 2 amide bonds. The zero-order chi connectivity index (χ0) is 16.2. The van der Waals surface area contributed by atoms with Crippen LogP contribution in [0.2, 0.25) is 0 Å². The summed E-state index contributed by atoms with van der Waals surface area (Å²) in [6, 6.07) is 6.08. The molecule has 0 saturated heterocycles. The molecule has 0 aliphatic rings. The highest BCUT2D eigenvalue weighted by molar-refractivity contribution is 14.1. The highest BCUT2D eigenvalue weighted by atomic mass is 127. The molecule has 0 fully saturated rings. The third-order valence-electron chi connectivity index (χ3n) is 3.45. The maximum Gasteiger partial charge on any atom is 0.226 e. The number of hydrogen-bond acceptors (Lipinski definition) is 2. The lowest BCUT2D eigenvalue weighted by Crippen LogP contribution is -2.35. The molecular formula is C16H23IN2O2. The lowest BCUT2D eigenvalue weighted by molar-refractivity contribution is -0.138. The van der Waals surface area contributed by atoms with Crippen LogP contribution >= 0.6 is 22.6 Å². The van der Waals surface area contributed by atoms with Crippen molar-refractivity contribution in [2.45, 2.75) is 19.8 Å². The predicted octanol–water partition coefficient (Wildman–Crippen LogP) is 2.32. The molecular weight excluding hydrogens is 379 g/mol. The Bertz CT molecular complexity index is 527. The lowest BCUT2D eigenvalue weighted by atomic mass is 9.93. The Balaban J connectivity index is 2.99. The van der Waals surface area contributed by atoms with Crippen molar-refractivity contribution in [3.63, 3.8) is 0 Å². The van der Waals surface area contributed by atoms with Crippen LogP contribution in [0.3, 0.4) is 0 Å². The van der Waals surface area contributed by atoms with Crippen molar-refractivity contribution in [2.24, 2.45) is 5.92 Å². The third kappa shape index (κ3) is 4.98. The molecule has 0 bridgehead atoms. The number of carbonyl (C=O) groups excluding carboxylic acids is 2. The van der Waals surface area contributed by atoms with E-state index in [4.69, 9.17) is 0 Å². The van der Waals surface area contributed by atoms with Crippen molar-refractivity contribution in [3.05, 3.63) is 32.9 Å². The fourth-order valence-electron chi connectivity index (χ4n) is 2.14. The standard InChI is InChI=1S/C16H23IN2O2/c1-11-7-6-8-12(15(11)17)9-13(16(21)19(4)5)10-14(20)18(2)3/h6-8,13H,9-10H2,1-5H3. The molecule has 1 unspecified atom stereocenters. The van der Waals surface area contributed by atoms with Gasteiger partial charge in [0.15, 0.2) is 0 Å². The number of halogens is 1. The van der Waals surface area contributed by atoms with Crippen LogP contribution in [0.15, 0.2) is 18.2 Å². The van der Waals surface area contributed by atoms with Gasteiger partial charge in [0, 0.05) is 38.2 Å². The maximum absolute atomic E-state index is 12.4. The number of rotatable bonds is 5. The number of carbonyl (C=O) groups is 2. The summed E-state index contributed by atoms with van der Waals surface area (Å²) in [7, 11) is 6.90. The lowest BCUT2D eigenvalue weighted by Gasteiger charge is -2.22. The Hall–Kier alpha value is -1.11. The van der Waals surface area contributed by atoms with Crippen molar-refractivity contribution in [2.75, 3.05) is 28.2 Å². The quantitative estimate of drug-likeness (QED) is 0.710. The number of nitrogens with zero attached hydrogens (tertiary/aromatic N) is 2. The summed E-state index contributed by atoms with van der Waals surface area (Å²) in [5, 5.41) is 0. The highest BCUT2D eigenvalue weighted by Gasteiger charge is 2.25. The molecule has 0 aliphatic heterocycles. The van der Waals surface area contributed by atoms with Crippen LogP contribution < -0.4 is 0 Å². The molecule has 0 aliphatic carbocycles. The first kappa shape index (κ1) is 17.9. The fourth-order valence-corrected chi connectivity index (χ4v) is 2.72. The van der Waals surface area contributed by atoms with Crippen molar-refractivity contribution in [1.29, 1.82) is 0 Å². The number of hydrogen-bond donors (Lipinski definition) is 0. The molecule has 0 N–H and O–H groups in total. The molecule has 5 heteroatoms. The van der Waals surface area contributed by atoms with Gasteiger partial charge in [-0.05, 0) is 47.1 Å². The van der Waals surface area contributed by atoms with Crippen molar-refractivity contribution in [3.8, 4) is 0 Å². The predicted molar refractivity (Wildman–Crippen MR) is 93.1 cm³/mol. The van der Waals surface area contributed by atoms with Gasteiger partial charge < -0.3 is 9.80 Å². The Morgan fingerprint density at radius 2 is 1.76 bits per heavy atom. The van der Waals surface area contributed by atoms with E-state index in [-0.39, 0.29) is 24.2 Å². The summed E-state index contributed by atoms with van der Waals surface area (Å²) in [6.07, 6.45) is 0.838. The first-order valence-corrected chi connectivity index (χ1v) is 7.97. The summed E-state index contributed by atoms with van der Waals surface area (Å²) in [4.78, 5) is 27.4. The Morgan fingerprint density at radius 3 is 2.29 bits per heavy atom. The molecule has 21 heavy (non-hydrogen) atoms. The van der Waals surface area contributed by atoms with Crippen LogP contribution in [0.25, 0.3) is 0 Å². The van der Waals surface area contributed by atoms with E-state index in [2.05, 4.69) is 35.6 Å². The average molecular weight is 402 g/mol. The first-order chi connectivity index (χ1) is 9.73. The second-order valence-corrected chi connectivity index (χ2v) is 6.75. The minimum atomic E-state index is -0.315. The zero-order valence-corrected chi connectivity index (χ0v) is 15.5. The molecule has 0 radical (unpaired) electrons. The van der Waals surface area contributed by atoms with Crippen LogP contribution in [0.5, 0.6) is 0 Å². The second-order valence-electron chi connectivity index (χ2n) is 5.67. The molecule has 116 valence electrons. The Labute approximate surface area is 140 Å². The zero-order valence-electron chi connectivity index (χ0n) is 13.3. The van der Waals surface area contributed by atoms with E-state index in [1.807, 2.05) is 12.1 Å². The minimum Gasteiger partial charge on any atom is -0.349 e. The minimum absolute atomic E-state index is 0.00232. The van der Waals surface area contributed by atoms with Gasteiger partial charge in [-0.15, -0.1) is 0 Å². The van der Waals surface area contributed by atoms with Gasteiger partial charge in [-0.2, -0.15) is 0 Å². The van der Waals surface area contributed by atoms with Gasteiger partial charge >= 0.3 is 0 Å². The summed E-state index contributed by atoms with van der Waals surface area (Å²) in [5.74, 6) is -0.328.